The first kappa shape index (κ1) is 24.0. The average molecular weight is 454 g/mol. The Morgan fingerprint density at radius 2 is 1.52 bits per heavy atom. The molecule has 1 aromatic rings. The lowest BCUT2D eigenvalue weighted by Gasteiger charge is -2.41. The summed E-state index contributed by atoms with van der Waals surface area (Å²) in [4.78, 5) is 11.1. The number of rotatable bonds is 5. The van der Waals surface area contributed by atoms with Gasteiger partial charge >= 0.3 is 6.16 Å². The predicted octanol–water partition coefficient (Wildman–Crippen LogP) is 3.04. The number of nitrogens with zero attached hydrogens (tertiary/aromatic N) is 2. The molecular formula is C22H35N3O5S. The maximum atomic E-state index is 12.9. The van der Waals surface area contributed by atoms with Gasteiger partial charge in [-0.05, 0) is 43.1 Å². The predicted molar refractivity (Wildman–Crippen MR) is 119 cm³/mol. The van der Waals surface area contributed by atoms with E-state index >= 15 is 0 Å². The fourth-order valence-corrected chi connectivity index (χ4v) is 6.49. The van der Waals surface area contributed by atoms with Crippen molar-refractivity contribution in [3.8, 4) is 0 Å². The molecule has 0 bridgehead atoms. The topological polar surface area (TPSA) is 110 Å². The molecule has 0 aromatic heterocycles. The van der Waals surface area contributed by atoms with Crippen LogP contribution in [-0.4, -0.2) is 72.3 Å². The highest BCUT2D eigenvalue weighted by molar-refractivity contribution is 7.87. The van der Waals surface area contributed by atoms with Crippen LogP contribution in [0, 0.1) is 11.8 Å². The minimum atomic E-state index is -3.40. The second kappa shape index (κ2) is 10.3. The van der Waals surface area contributed by atoms with E-state index in [1.165, 1.54) is 31.2 Å². The minimum Gasteiger partial charge on any atom is -0.450 e. The Kier molecular flexibility index (Phi) is 7.96. The highest BCUT2D eigenvalue weighted by Crippen LogP contribution is 2.47. The second-order valence-electron chi connectivity index (χ2n) is 9.08. The van der Waals surface area contributed by atoms with E-state index in [0.717, 1.165) is 19.0 Å². The van der Waals surface area contributed by atoms with Gasteiger partial charge in [-0.15, -0.1) is 0 Å². The molecule has 0 unspecified atom stereocenters. The van der Waals surface area contributed by atoms with E-state index in [4.69, 9.17) is 15.0 Å². The van der Waals surface area contributed by atoms with Crippen LogP contribution >= 0.6 is 0 Å². The Bertz CT molecular complexity index is 815. The van der Waals surface area contributed by atoms with Gasteiger partial charge in [0.15, 0.2) is 0 Å². The van der Waals surface area contributed by atoms with Gasteiger partial charge in [0.2, 0.25) is 0 Å². The molecule has 2 saturated carbocycles. The highest BCUT2D eigenvalue weighted by Gasteiger charge is 2.50. The molecule has 0 spiro atoms. The molecule has 0 radical (unpaired) electrons. The number of piperazine rings is 1. The normalized spacial score (nSPS) is 32.0. The van der Waals surface area contributed by atoms with Crippen molar-refractivity contribution in [2.45, 2.75) is 57.5 Å². The van der Waals surface area contributed by atoms with Gasteiger partial charge in [-0.2, -0.15) is 17.4 Å². The van der Waals surface area contributed by atoms with Crippen molar-refractivity contribution in [2.75, 3.05) is 26.2 Å². The molecule has 8 nitrogen and oxygen atoms in total. The van der Waals surface area contributed by atoms with Crippen LogP contribution in [0.4, 0.5) is 4.79 Å². The summed E-state index contributed by atoms with van der Waals surface area (Å²) >= 11 is 0. The molecule has 31 heavy (non-hydrogen) atoms. The van der Waals surface area contributed by atoms with Gasteiger partial charge in [0, 0.05) is 44.2 Å². The molecule has 9 heteroatoms. The quantitative estimate of drug-likeness (QED) is 0.632. The van der Waals surface area contributed by atoms with Crippen molar-refractivity contribution in [3.05, 3.63) is 35.9 Å². The van der Waals surface area contributed by atoms with E-state index in [-0.39, 0.29) is 6.04 Å². The van der Waals surface area contributed by atoms with Gasteiger partial charge in [-0.1, -0.05) is 44.2 Å². The lowest BCUT2D eigenvalue weighted by Crippen LogP contribution is -2.55. The zero-order valence-electron chi connectivity index (χ0n) is 18.4. The standard InChI is InChI=1S/C21H33N3O2S.CH2O3/c1-16-8-10-19(11-9-16)23-12-14-24(15-13-23)27(25,26)22-21-17(2)20(21)18-6-4-3-5-7-18;2-1(3)4/h3-7,16-17,19-22H,8-15H2,1-2H3;(H2,2,3,4)/t16?,17-,19?,20-,21+;/m1./s1. The first-order valence-corrected chi connectivity index (χ1v) is 12.6. The van der Waals surface area contributed by atoms with E-state index in [2.05, 4.69) is 35.6 Å². The summed E-state index contributed by atoms with van der Waals surface area (Å²) in [6.07, 6.45) is 3.32. The summed E-state index contributed by atoms with van der Waals surface area (Å²) in [5, 5.41) is 13.9. The van der Waals surface area contributed by atoms with Gasteiger partial charge in [0.25, 0.3) is 10.2 Å². The maximum Gasteiger partial charge on any atom is 0.503 e. The summed E-state index contributed by atoms with van der Waals surface area (Å²) in [5.74, 6) is 1.50. The van der Waals surface area contributed by atoms with Gasteiger partial charge < -0.3 is 10.2 Å². The molecule has 1 saturated heterocycles. The first-order chi connectivity index (χ1) is 14.7. The number of benzene rings is 1. The zero-order chi connectivity index (χ0) is 22.6. The number of nitrogens with one attached hydrogen (secondary N) is 1. The van der Waals surface area contributed by atoms with Crippen LogP contribution in [0.2, 0.25) is 0 Å². The van der Waals surface area contributed by atoms with E-state index in [9.17, 15) is 8.42 Å². The Hall–Kier alpha value is -1.68. The number of hydrogen-bond donors (Lipinski definition) is 3. The molecule has 0 amide bonds. The SMILES string of the molecule is CC1CCC(N2CCN(S(=O)(=O)N[C@H]3[C@H](C)[C@@H]3c3ccccc3)CC2)CC1.O=C(O)O. The van der Waals surface area contributed by atoms with Gasteiger partial charge in [-0.25, -0.2) is 4.79 Å². The van der Waals surface area contributed by atoms with E-state index in [1.807, 2.05) is 18.2 Å². The summed E-state index contributed by atoms with van der Waals surface area (Å²) in [7, 11) is -3.40. The van der Waals surface area contributed by atoms with E-state index in [0.29, 0.717) is 31.0 Å². The van der Waals surface area contributed by atoms with Crippen molar-refractivity contribution in [1.29, 1.82) is 0 Å². The van der Waals surface area contributed by atoms with Crippen molar-refractivity contribution >= 4 is 16.4 Å². The van der Waals surface area contributed by atoms with Crippen molar-refractivity contribution in [1.82, 2.24) is 13.9 Å². The van der Waals surface area contributed by atoms with Crippen LogP contribution in [0.15, 0.2) is 30.3 Å². The lowest BCUT2D eigenvalue weighted by atomic mass is 9.86. The molecular weight excluding hydrogens is 418 g/mol. The van der Waals surface area contributed by atoms with E-state index < -0.39 is 16.4 Å². The smallest absolute Gasteiger partial charge is 0.450 e. The van der Waals surface area contributed by atoms with Crippen molar-refractivity contribution in [3.63, 3.8) is 0 Å². The monoisotopic (exact) mass is 453 g/mol. The summed E-state index contributed by atoms with van der Waals surface area (Å²) in [6.45, 7) is 7.42. The van der Waals surface area contributed by atoms with Crippen LogP contribution in [-0.2, 0) is 10.2 Å². The van der Waals surface area contributed by atoms with Crippen LogP contribution in [0.25, 0.3) is 0 Å². The second-order valence-corrected chi connectivity index (χ2v) is 10.8. The summed E-state index contributed by atoms with van der Waals surface area (Å²) in [6, 6.07) is 10.9. The molecule has 2 aliphatic carbocycles. The fraction of sp³-hybridized carbons (Fsp3) is 0.682. The van der Waals surface area contributed by atoms with Gasteiger partial charge in [0.1, 0.15) is 0 Å². The molecule has 3 N–H and O–H groups in total. The Balaban J connectivity index is 0.000000628. The van der Waals surface area contributed by atoms with Crippen molar-refractivity contribution < 1.29 is 23.4 Å². The molecule has 3 atom stereocenters. The average Bonchev–Trinajstić information content (AvgIpc) is 3.36. The van der Waals surface area contributed by atoms with Crippen LogP contribution in [0.5, 0.6) is 0 Å². The van der Waals surface area contributed by atoms with Crippen molar-refractivity contribution in [2.24, 2.45) is 11.8 Å². The van der Waals surface area contributed by atoms with Crippen LogP contribution in [0.3, 0.4) is 0 Å². The minimum absolute atomic E-state index is 0.0234. The lowest BCUT2D eigenvalue weighted by molar-refractivity contribution is 0.100. The highest BCUT2D eigenvalue weighted by atomic mass is 32.2. The van der Waals surface area contributed by atoms with Crippen LogP contribution in [0.1, 0.15) is 51.0 Å². The third kappa shape index (κ3) is 6.41. The number of carboxylic acid groups (broad SMARTS) is 2. The third-order valence-electron chi connectivity index (χ3n) is 6.96. The zero-order valence-corrected chi connectivity index (χ0v) is 19.2. The number of hydrogen-bond acceptors (Lipinski definition) is 4. The summed E-state index contributed by atoms with van der Waals surface area (Å²) in [5.41, 5.74) is 1.23. The molecule has 1 heterocycles. The number of carbonyl (C=O) groups is 1. The molecule has 3 aliphatic rings. The first-order valence-electron chi connectivity index (χ1n) is 11.2. The molecule has 1 aromatic carbocycles. The Labute approximate surface area is 185 Å². The largest absolute Gasteiger partial charge is 0.503 e. The van der Waals surface area contributed by atoms with Gasteiger partial charge in [0.05, 0.1) is 0 Å². The van der Waals surface area contributed by atoms with Crippen LogP contribution < -0.4 is 4.72 Å². The Morgan fingerprint density at radius 1 is 0.968 bits per heavy atom. The Morgan fingerprint density at radius 3 is 2.06 bits per heavy atom. The maximum absolute atomic E-state index is 12.9. The van der Waals surface area contributed by atoms with Gasteiger partial charge in [-0.3, -0.25) is 4.90 Å². The molecule has 174 valence electrons. The fourth-order valence-electron chi connectivity index (χ4n) is 4.99. The molecule has 1 aliphatic heterocycles. The third-order valence-corrected chi connectivity index (χ3v) is 8.58. The molecule has 3 fully saturated rings. The summed E-state index contributed by atoms with van der Waals surface area (Å²) < 4.78 is 30.4. The molecule has 4 rings (SSSR count). The van der Waals surface area contributed by atoms with E-state index in [1.54, 1.807) is 4.31 Å².